The Morgan fingerprint density at radius 1 is 1.08 bits per heavy atom. The lowest BCUT2D eigenvalue weighted by Crippen LogP contribution is -2.37. The highest BCUT2D eigenvalue weighted by Gasteiger charge is 2.18. The van der Waals surface area contributed by atoms with Crippen LogP contribution in [0.2, 0.25) is 0 Å². The van der Waals surface area contributed by atoms with Crippen molar-refractivity contribution in [2.24, 2.45) is 18.7 Å². The van der Waals surface area contributed by atoms with Crippen LogP contribution in [0.25, 0.3) is 22.1 Å². The van der Waals surface area contributed by atoms with Crippen molar-refractivity contribution < 1.29 is 23.5 Å². The fraction of sp³-hybridized carbons (Fsp3) is 0.360. The largest absolute Gasteiger partial charge is 0.462 e. The molecule has 0 unspecified atom stereocenters. The van der Waals surface area contributed by atoms with E-state index in [1.54, 1.807) is 12.1 Å². The normalized spacial score (nSPS) is 12.2. The van der Waals surface area contributed by atoms with E-state index in [1.807, 2.05) is 55.8 Å². The Balaban J connectivity index is 1.27. The number of imidazole rings is 1. The number of nitrogens with one attached hydrogen (secondary N) is 2. The van der Waals surface area contributed by atoms with E-state index in [0.717, 1.165) is 11.0 Å². The maximum Gasteiger partial charge on any atom is 0.323 e. The molecule has 36 heavy (non-hydrogen) atoms. The minimum absolute atomic E-state index is 0.00960. The molecule has 0 saturated heterocycles. The lowest BCUT2D eigenvalue weighted by molar-refractivity contribution is -0.147. The molecular weight excluding hydrogens is 464 g/mol. The van der Waals surface area contributed by atoms with Gasteiger partial charge in [0.2, 0.25) is 5.95 Å². The topological polar surface area (TPSA) is 147 Å². The molecule has 11 nitrogen and oxygen atoms in total. The smallest absolute Gasteiger partial charge is 0.323 e. The van der Waals surface area contributed by atoms with Gasteiger partial charge in [-0.15, -0.1) is 0 Å². The molecule has 4 N–H and O–H groups in total. The van der Waals surface area contributed by atoms with Gasteiger partial charge in [-0.1, -0.05) is 26.0 Å². The van der Waals surface area contributed by atoms with Gasteiger partial charge >= 0.3 is 12.0 Å². The third kappa shape index (κ3) is 5.81. The molecule has 0 aliphatic heterocycles. The second-order valence-corrected chi connectivity index (χ2v) is 8.62. The van der Waals surface area contributed by atoms with Gasteiger partial charge in [0.05, 0.1) is 24.2 Å². The van der Waals surface area contributed by atoms with Crippen molar-refractivity contribution >= 4 is 46.0 Å². The summed E-state index contributed by atoms with van der Waals surface area (Å²) >= 11 is 0. The molecule has 0 saturated carbocycles. The highest BCUT2D eigenvalue weighted by molar-refractivity contribution is 5.97. The standard InChI is InChI=1S/C25H30N6O5/c1-15(2)21(26)23(33)35-13-12-34-11-10-27-22(32)16-8-9-19-18(14-16)28-24(31(19)3)30-25-29-17-6-4-5-7-20(17)36-25/h4-9,14-15,21H,10-13,26H2,1-3H3,(H,27,32)(H,28,29,30)/t21-/m0/s1. The number of aromatic nitrogens is 3. The Labute approximate surface area is 208 Å². The molecule has 2 heterocycles. The first-order valence-corrected chi connectivity index (χ1v) is 11.7. The zero-order valence-electron chi connectivity index (χ0n) is 20.5. The first kappa shape index (κ1) is 25.1. The number of aryl methyl sites for hydroxylation is 1. The van der Waals surface area contributed by atoms with Crippen LogP contribution in [0.3, 0.4) is 0 Å². The van der Waals surface area contributed by atoms with E-state index in [-0.39, 0.29) is 31.6 Å². The zero-order valence-corrected chi connectivity index (χ0v) is 20.5. The first-order chi connectivity index (χ1) is 17.3. The number of carbonyl (C=O) groups is 2. The number of anilines is 2. The summed E-state index contributed by atoms with van der Waals surface area (Å²) in [4.78, 5) is 33.2. The number of para-hydroxylation sites is 2. The van der Waals surface area contributed by atoms with Crippen molar-refractivity contribution in [2.75, 3.05) is 31.7 Å². The van der Waals surface area contributed by atoms with Crippen molar-refractivity contribution in [2.45, 2.75) is 19.9 Å². The zero-order chi connectivity index (χ0) is 25.7. The van der Waals surface area contributed by atoms with Crippen molar-refractivity contribution in [1.82, 2.24) is 19.9 Å². The van der Waals surface area contributed by atoms with E-state index in [2.05, 4.69) is 20.6 Å². The van der Waals surface area contributed by atoms with Gasteiger partial charge < -0.3 is 29.5 Å². The number of fused-ring (bicyclic) bond motifs is 2. The fourth-order valence-corrected chi connectivity index (χ4v) is 3.48. The first-order valence-electron chi connectivity index (χ1n) is 11.7. The average molecular weight is 495 g/mol. The predicted octanol–water partition coefficient (Wildman–Crippen LogP) is 2.73. The minimum Gasteiger partial charge on any atom is -0.462 e. The number of esters is 1. The second-order valence-electron chi connectivity index (χ2n) is 8.62. The van der Waals surface area contributed by atoms with Gasteiger partial charge in [-0.2, -0.15) is 4.98 Å². The minimum atomic E-state index is -0.644. The molecule has 0 bridgehead atoms. The highest BCUT2D eigenvalue weighted by atomic mass is 16.6. The molecule has 4 rings (SSSR count). The second kappa shape index (κ2) is 11.2. The molecule has 190 valence electrons. The summed E-state index contributed by atoms with van der Waals surface area (Å²) < 4.78 is 18.0. The summed E-state index contributed by atoms with van der Waals surface area (Å²) in [5.41, 5.74) is 9.13. The molecular formula is C25H30N6O5. The third-order valence-corrected chi connectivity index (χ3v) is 5.65. The molecule has 2 aromatic carbocycles. The van der Waals surface area contributed by atoms with E-state index in [1.165, 1.54) is 0 Å². The van der Waals surface area contributed by atoms with Crippen LogP contribution in [0.4, 0.5) is 12.0 Å². The van der Waals surface area contributed by atoms with E-state index >= 15 is 0 Å². The van der Waals surface area contributed by atoms with Gasteiger partial charge in [-0.3, -0.25) is 14.9 Å². The molecule has 11 heteroatoms. The number of amides is 1. The summed E-state index contributed by atoms with van der Waals surface area (Å²) in [7, 11) is 1.87. The van der Waals surface area contributed by atoms with Crippen molar-refractivity contribution in [3.63, 3.8) is 0 Å². The van der Waals surface area contributed by atoms with Crippen LogP contribution in [0.5, 0.6) is 0 Å². The van der Waals surface area contributed by atoms with Gasteiger partial charge in [0, 0.05) is 19.2 Å². The predicted molar refractivity (Wildman–Crippen MR) is 135 cm³/mol. The van der Waals surface area contributed by atoms with E-state index in [0.29, 0.717) is 35.2 Å². The van der Waals surface area contributed by atoms with Crippen molar-refractivity contribution in [3.05, 3.63) is 48.0 Å². The van der Waals surface area contributed by atoms with Crippen molar-refractivity contribution in [1.29, 1.82) is 0 Å². The van der Waals surface area contributed by atoms with Crippen LogP contribution in [0.15, 0.2) is 46.9 Å². The number of carbonyl (C=O) groups excluding carboxylic acids is 2. The highest BCUT2D eigenvalue weighted by Crippen LogP contribution is 2.24. The Kier molecular flexibility index (Phi) is 7.81. The summed E-state index contributed by atoms with van der Waals surface area (Å²) in [6.07, 6.45) is 0. The van der Waals surface area contributed by atoms with Crippen LogP contribution in [0, 0.1) is 5.92 Å². The number of benzene rings is 2. The molecule has 2 aromatic heterocycles. The molecule has 4 aromatic rings. The summed E-state index contributed by atoms with van der Waals surface area (Å²) in [5, 5.41) is 5.90. The lowest BCUT2D eigenvalue weighted by Gasteiger charge is -2.14. The van der Waals surface area contributed by atoms with Crippen molar-refractivity contribution in [3.8, 4) is 0 Å². The molecule has 1 amide bonds. The molecule has 0 aliphatic rings. The van der Waals surface area contributed by atoms with Crippen LogP contribution in [-0.4, -0.2) is 58.8 Å². The lowest BCUT2D eigenvalue weighted by atomic mass is 10.1. The fourth-order valence-electron chi connectivity index (χ4n) is 3.48. The number of hydrogen-bond acceptors (Lipinski definition) is 9. The number of hydrogen-bond donors (Lipinski definition) is 3. The molecule has 0 radical (unpaired) electrons. The number of nitrogens with two attached hydrogens (primary N) is 1. The van der Waals surface area contributed by atoms with Gasteiger partial charge in [0.15, 0.2) is 5.58 Å². The maximum atomic E-state index is 12.6. The summed E-state index contributed by atoms with van der Waals surface area (Å²) in [6, 6.07) is 12.5. The van der Waals surface area contributed by atoms with Crippen LogP contribution in [0.1, 0.15) is 24.2 Å². The molecule has 0 aliphatic carbocycles. The quantitative estimate of drug-likeness (QED) is 0.211. The average Bonchev–Trinajstić information content (AvgIpc) is 3.42. The Bertz CT molecular complexity index is 1330. The van der Waals surface area contributed by atoms with E-state index in [9.17, 15) is 9.59 Å². The van der Waals surface area contributed by atoms with Crippen LogP contribution in [-0.2, 0) is 21.3 Å². The summed E-state index contributed by atoms with van der Waals surface area (Å²) in [6.45, 7) is 4.64. The van der Waals surface area contributed by atoms with Gasteiger partial charge in [0.1, 0.15) is 18.2 Å². The Hall–Kier alpha value is -3.96. The number of nitrogens with zero attached hydrogens (tertiary/aromatic N) is 3. The molecule has 1 atom stereocenters. The van der Waals surface area contributed by atoms with E-state index < -0.39 is 12.0 Å². The molecule has 0 fully saturated rings. The van der Waals surface area contributed by atoms with Gasteiger partial charge in [-0.05, 0) is 36.2 Å². The SMILES string of the molecule is CC(C)[C@H](N)C(=O)OCCOCCNC(=O)c1ccc2c(c1)nc(Nc1nc3ccccc3o1)n2C. The van der Waals surface area contributed by atoms with Gasteiger partial charge in [0.25, 0.3) is 5.91 Å². The van der Waals surface area contributed by atoms with Crippen LogP contribution >= 0.6 is 0 Å². The van der Waals surface area contributed by atoms with Crippen LogP contribution < -0.4 is 16.4 Å². The monoisotopic (exact) mass is 494 g/mol. The third-order valence-electron chi connectivity index (χ3n) is 5.65. The number of oxazole rings is 1. The number of ether oxygens (including phenoxy) is 2. The van der Waals surface area contributed by atoms with Gasteiger partial charge in [-0.25, -0.2) is 4.98 Å². The maximum absolute atomic E-state index is 12.6. The Morgan fingerprint density at radius 3 is 2.67 bits per heavy atom. The summed E-state index contributed by atoms with van der Waals surface area (Å²) in [5.74, 6) is -0.138. The molecule has 0 spiro atoms. The van der Waals surface area contributed by atoms with E-state index in [4.69, 9.17) is 19.6 Å². The Morgan fingerprint density at radius 2 is 1.89 bits per heavy atom. The number of rotatable bonds is 11.